The summed E-state index contributed by atoms with van der Waals surface area (Å²) in [5, 5.41) is 10.2. The van der Waals surface area contributed by atoms with Crippen LogP contribution in [0.2, 0.25) is 0 Å². The van der Waals surface area contributed by atoms with Crippen molar-refractivity contribution in [2.24, 2.45) is 0 Å². The van der Waals surface area contributed by atoms with Crippen LogP contribution in [0.1, 0.15) is 0 Å². The number of halogens is 1. The molecular formula is C11H14ClN3O4S. The van der Waals surface area contributed by atoms with Gasteiger partial charge in [-0.25, -0.2) is 8.42 Å². The summed E-state index contributed by atoms with van der Waals surface area (Å²) in [5.41, 5.74) is 0.885. The van der Waals surface area contributed by atoms with Gasteiger partial charge in [-0.2, -0.15) is 4.31 Å². The molecule has 1 fully saturated rings. The Hall–Kier alpha value is -1.38. The maximum Gasteiger partial charge on any atom is 0.269 e. The molecule has 2 rings (SSSR count). The Morgan fingerprint density at radius 1 is 1.15 bits per heavy atom. The maximum absolute atomic E-state index is 11.6. The standard InChI is InChI=1S/C11H14ClN3O4S/c12-9-20(18,19)14-7-5-13(6-8-14)10-1-3-11(4-2-10)15(16)17/h1-4H,5-9H2. The fourth-order valence-corrected chi connectivity index (χ4v) is 3.35. The fourth-order valence-electron chi connectivity index (χ4n) is 2.08. The monoisotopic (exact) mass is 319 g/mol. The van der Waals surface area contributed by atoms with Crippen LogP contribution in [0, 0.1) is 10.1 Å². The zero-order valence-corrected chi connectivity index (χ0v) is 12.2. The molecule has 0 spiro atoms. The minimum atomic E-state index is -3.36. The van der Waals surface area contributed by atoms with Crippen LogP contribution in [0.15, 0.2) is 24.3 Å². The molecule has 1 aliphatic rings. The first-order valence-electron chi connectivity index (χ1n) is 5.97. The molecule has 1 aliphatic heterocycles. The molecule has 0 aliphatic carbocycles. The van der Waals surface area contributed by atoms with E-state index in [-0.39, 0.29) is 5.69 Å². The van der Waals surface area contributed by atoms with E-state index in [9.17, 15) is 18.5 Å². The molecule has 0 bridgehead atoms. The second-order valence-electron chi connectivity index (χ2n) is 4.38. The lowest BCUT2D eigenvalue weighted by Gasteiger charge is -2.34. The summed E-state index contributed by atoms with van der Waals surface area (Å²) in [7, 11) is -3.36. The zero-order chi connectivity index (χ0) is 14.8. The number of benzene rings is 1. The van der Waals surface area contributed by atoms with Crippen LogP contribution >= 0.6 is 11.6 Å². The zero-order valence-electron chi connectivity index (χ0n) is 10.6. The number of anilines is 1. The summed E-state index contributed by atoms with van der Waals surface area (Å²) in [6, 6.07) is 6.22. The Balaban J connectivity index is 2.02. The average Bonchev–Trinajstić information content (AvgIpc) is 2.47. The SMILES string of the molecule is O=[N+]([O-])c1ccc(N2CCN(S(=O)(=O)CCl)CC2)cc1. The van der Waals surface area contributed by atoms with Crippen molar-refractivity contribution in [3.05, 3.63) is 34.4 Å². The van der Waals surface area contributed by atoms with Crippen LogP contribution < -0.4 is 4.90 Å². The first-order valence-corrected chi connectivity index (χ1v) is 8.11. The Morgan fingerprint density at radius 2 is 1.70 bits per heavy atom. The van der Waals surface area contributed by atoms with Gasteiger partial charge in [-0.15, -0.1) is 11.6 Å². The summed E-state index contributed by atoms with van der Waals surface area (Å²) in [4.78, 5) is 12.1. The Bertz CT molecular complexity index is 582. The van der Waals surface area contributed by atoms with Gasteiger partial charge in [0.1, 0.15) is 5.21 Å². The van der Waals surface area contributed by atoms with E-state index in [2.05, 4.69) is 0 Å². The molecule has 1 aromatic carbocycles. The van der Waals surface area contributed by atoms with Gasteiger partial charge in [0.25, 0.3) is 5.69 Å². The third-order valence-electron chi connectivity index (χ3n) is 3.20. The van der Waals surface area contributed by atoms with Gasteiger partial charge >= 0.3 is 0 Å². The van der Waals surface area contributed by atoms with Crippen LogP contribution in [0.5, 0.6) is 0 Å². The van der Waals surface area contributed by atoms with Gasteiger partial charge in [0.05, 0.1) is 4.92 Å². The van der Waals surface area contributed by atoms with E-state index in [4.69, 9.17) is 11.6 Å². The van der Waals surface area contributed by atoms with Gasteiger partial charge in [-0.3, -0.25) is 10.1 Å². The summed E-state index contributed by atoms with van der Waals surface area (Å²) in [5.74, 6) is 0. The number of piperazine rings is 1. The number of alkyl halides is 1. The fraction of sp³-hybridized carbons (Fsp3) is 0.455. The Morgan fingerprint density at radius 3 is 2.15 bits per heavy atom. The highest BCUT2D eigenvalue weighted by Gasteiger charge is 2.26. The van der Waals surface area contributed by atoms with Crippen LogP contribution in [0.4, 0.5) is 11.4 Å². The summed E-state index contributed by atoms with van der Waals surface area (Å²) >= 11 is 5.42. The van der Waals surface area contributed by atoms with E-state index in [1.807, 2.05) is 4.90 Å². The third kappa shape index (κ3) is 3.20. The van der Waals surface area contributed by atoms with Crippen molar-refractivity contribution in [1.29, 1.82) is 0 Å². The number of hydrogen-bond acceptors (Lipinski definition) is 5. The molecule has 0 aromatic heterocycles. The smallest absolute Gasteiger partial charge is 0.269 e. The van der Waals surface area contributed by atoms with Crippen molar-refractivity contribution in [3.63, 3.8) is 0 Å². The highest BCUT2D eigenvalue weighted by Crippen LogP contribution is 2.21. The number of sulfonamides is 1. The van der Waals surface area contributed by atoms with E-state index in [0.29, 0.717) is 26.2 Å². The van der Waals surface area contributed by atoms with Crippen molar-refractivity contribution in [1.82, 2.24) is 4.31 Å². The molecule has 110 valence electrons. The molecule has 0 N–H and O–H groups in total. The molecular weight excluding hydrogens is 306 g/mol. The second kappa shape index (κ2) is 5.94. The number of nitro groups is 1. The molecule has 1 heterocycles. The summed E-state index contributed by atoms with van der Waals surface area (Å²) < 4.78 is 24.6. The van der Waals surface area contributed by atoms with Crippen molar-refractivity contribution in [2.45, 2.75) is 0 Å². The van der Waals surface area contributed by atoms with Crippen molar-refractivity contribution < 1.29 is 13.3 Å². The van der Waals surface area contributed by atoms with Gasteiger partial charge in [-0.05, 0) is 12.1 Å². The lowest BCUT2D eigenvalue weighted by Crippen LogP contribution is -2.48. The van der Waals surface area contributed by atoms with Crippen molar-refractivity contribution in [2.75, 3.05) is 36.3 Å². The number of nitrogens with zero attached hydrogens (tertiary/aromatic N) is 3. The van der Waals surface area contributed by atoms with Gasteiger partial charge < -0.3 is 4.90 Å². The largest absolute Gasteiger partial charge is 0.369 e. The topological polar surface area (TPSA) is 83.8 Å². The van der Waals surface area contributed by atoms with Gasteiger partial charge in [-0.1, -0.05) is 0 Å². The van der Waals surface area contributed by atoms with E-state index < -0.39 is 20.2 Å². The van der Waals surface area contributed by atoms with Gasteiger partial charge in [0.2, 0.25) is 10.0 Å². The first-order chi connectivity index (χ1) is 9.44. The highest BCUT2D eigenvalue weighted by atomic mass is 35.5. The van der Waals surface area contributed by atoms with Gasteiger partial charge in [0, 0.05) is 44.0 Å². The molecule has 0 radical (unpaired) electrons. The molecule has 0 unspecified atom stereocenters. The lowest BCUT2D eigenvalue weighted by molar-refractivity contribution is -0.384. The van der Waals surface area contributed by atoms with Crippen molar-refractivity contribution >= 4 is 33.0 Å². The van der Waals surface area contributed by atoms with E-state index in [1.165, 1.54) is 16.4 Å². The number of hydrogen-bond donors (Lipinski definition) is 0. The molecule has 1 aromatic rings. The molecule has 0 atom stereocenters. The predicted molar refractivity (Wildman–Crippen MR) is 76.5 cm³/mol. The van der Waals surface area contributed by atoms with Crippen LogP contribution in [-0.2, 0) is 10.0 Å². The highest BCUT2D eigenvalue weighted by molar-refractivity contribution is 7.90. The molecule has 20 heavy (non-hydrogen) atoms. The minimum absolute atomic E-state index is 0.0390. The Kier molecular flexibility index (Phi) is 4.46. The first kappa shape index (κ1) is 15.0. The van der Waals surface area contributed by atoms with Crippen LogP contribution in [0.3, 0.4) is 0 Å². The van der Waals surface area contributed by atoms with Crippen LogP contribution in [0.25, 0.3) is 0 Å². The van der Waals surface area contributed by atoms with E-state index in [0.717, 1.165) is 5.69 Å². The van der Waals surface area contributed by atoms with E-state index >= 15 is 0 Å². The number of rotatable bonds is 4. The van der Waals surface area contributed by atoms with E-state index in [1.54, 1.807) is 12.1 Å². The number of non-ortho nitro benzene ring substituents is 1. The molecule has 0 saturated carbocycles. The summed E-state index contributed by atoms with van der Waals surface area (Å²) in [6.45, 7) is 1.81. The van der Waals surface area contributed by atoms with Crippen molar-refractivity contribution in [3.8, 4) is 0 Å². The normalized spacial score (nSPS) is 17.1. The lowest BCUT2D eigenvalue weighted by atomic mass is 10.2. The molecule has 7 nitrogen and oxygen atoms in total. The predicted octanol–water partition coefficient (Wildman–Crippen LogP) is 1.24. The maximum atomic E-state index is 11.6. The molecule has 9 heteroatoms. The van der Waals surface area contributed by atoms with Crippen LogP contribution in [-0.4, -0.2) is 49.0 Å². The third-order valence-corrected chi connectivity index (χ3v) is 5.45. The minimum Gasteiger partial charge on any atom is -0.369 e. The summed E-state index contributed by atoms with van der Waals surface area (Å²) in [6.07, 6.45) is 0. The molecule has 1 saturated heterocycles. The van der Waals surface area contributed by atoms with Gasteiger partial charge in [0.15, 0.2) is 0 Å². The average molecular weight is 320 g/mol. The second-order valence-corrected chi connectivity index (χ2v) is 6.93. The quantitative estimate of drug-likeness (QED) is 0.473. The Labute approximate surface area is 121 Å². The number of nitro benzene ring substituents is 1. The molecule has 0 amide bonds.